The Kier molecular flexibility index (Phi) is 4.00. The second-order valence-corrected chi connectivity index (χ2v) is 5.70. The SMILES string of the molecule is N#CCNC(=O)C1CC2CCCCC2N1c1ncccn1. The van der Waals surface area contributed by atoms with Crippen LogP contribution in [-0.4, -0.2) is 34.5 Å². The third-order valence-electron chi connectivity index (χ3n) is 4.52. The molecule has 6 nitrogen and oxygen atoms in total. The molecule has 3 rings (SSSR count). The van der Waals surface area contributed by atoms with Crippen LogP contribution >= 0.6 is 0 Å². The van der Waals surface area contributed by atoms with Crippen LogP contribution in [0.3, 0.4) is 0 Å². The molecule has 3 unspecified atom stereocenters. The molecule has 1 amide bonds. The Morgan fingerprint density at radius 3 is 2.90 bits per heavy atom. The van der Waals surface area contributed by atoms with Crippen LogP contribution in [0.1, 0.15) is 32.1 Å². The van der Waals surface area contributed by atoms with E-state index in [2.05, 4.69) is 20.2 Å². The van der Waals surface area contributed by atoms with Crippen molar-refractivity contribution in [1.29, 1.82) is 5.26 Å². The Morgan fingerprint density at radius 2 is 2.14 bits per heavy atom. The highest BCUT2D eigenvalue weighted by molar-refractivity contribution is 5.85. The van der Waals surface area contributed by atoms with E-state index in [1.807, 2.05) is 6.07 Å². The van der Waals surface area contributed by atoms with Gasteiger partial charge in [-0.3, -0.25) is 4.79 Å². The van der Waals surface area contributed by atoms with Gasteiger partial charge in [0.15, 0.2) is 0 Å². The van der Waals surface area contributed by atoms with E-state index in [0.717, 1.165) is 19.3 Å². The predicted octanol–water partition coefficient (Wildman–Crippen LogP) is 1.25. The van der Waals surface area contributed by atoms with Gasteiger partial charge in [-0.25, -0.2) is 9.97 Å². The van der Waals surface area contributed by atoms with Crippen LogP contribution in [0, 0.1) is 17.2 Å². The van der Waals surface area contributed by atoms with Gasteiger partial charge in [0.25, 0.3) is 0 Å². The fraction of sp³-hybridized carbons (Fsp3) is 0.600. The van der Waals surface area contributed by atoms with E-state index in [4.69, 9.17) is 5.26 Å². The zero-order valence-electron chi connectivity index (χ0n) is 11.9. The Hall–Kier alpha value is -2.16. The molecule has 1 aromatic heterocycles. The minimum absolute atomic E-state index is 0.0498. The predicted molar refractivity (Wildman–Crippen MR) is 77.3 cm³/mol. The van der Waals surface area contributed by atoms with Crippen molar-refractivity contribution in [1.82, 2.24) is 15.3 Å². The molecule has 2 heterocycles. The number of carbonyl (C=O) groups is 1. The average molecular weight is 285 g/mol. The van der Waals surface area contributed by atoms with Gasteiger partial charge in [-0.15, -0.1) is 0 Å². The normalized spacial score (nSPS) is 27.8. The van der Waals surface area contributed by atoms with Crippen LogP contribution in [0.4, 0.5) is 5.95 Å². The van der Waals surface area contributed by atoms with Gasteiger partial charge in [-0.2, -0.15) is 5.26 Å². The molecule has 3 atom stereocenters. The first-order valence-corrected chi connectivity index (χ1v) is 7.51. The van der Waals surface area contributed by atoms with Gasteiger partial charge in [0.1, 0.15) is 12.6 Å². The lowest BCUT2D eigenvalue weighted by molar-refractivity contribution is -0.122. The highest BCUT2D eigenvalue weighted by atomic mass is 16.2. The zero-order valence-corrected chi connectivity index (χ0v) is 11.9. The molecule has 0 bridgehead atoms. The second kappa shape index (κ2) is 6.08. The molecule has 0 aromatic carbocycles. The van der Waals surface area contributed by atoms with E-state index < -0.39 is 0 Å². The van der Waals surface area contributed by atoms with Crippen LogP contribution in [0.25, 0.3) is 0 Å². The quantitative estimate of drug-likeness (QED) is 0.845. The maximum atomic E-state index is 12.4. The lowest BCUT2D eigenvalue weighted by Gasteiger charge is -2.33. The lowest BCUT2D eigenvalue weighted by Crippen LogP contribution is -2.47. The maximum Gasteiger partial charge on any atom is 0.243 e. The third-order valence-corrected chi connectivity index (χ3v) is 4.52. The van der Waals surface area contributed by atoms with Crippen LogP contribution in [-0.2, 0) is 4.79 Å². The maximum absolute atomic E-state index is 12.4. The van der Waals surface area contributed by atoms with Crippen LogP contribution in [0.5, 0.6) is 0 Å². The summed E-state index contributed by atoms with van der Waals surface area (Å²) in [7, 11) is 0. The van der Waals surface area contributed by atoms with Gasteiger partial charge in [-0.1, -0.05) is 12.8 Å². The number of carbonyl (C=O) groups excluding carboxylic acids is 1. The summed E-state index contributed by atoms with van der Waals surface area (Å²) in [6, 6.07) is 3.83. The summed E-state index contributed by atoms with van der Waals surface area (Å²) in [6.07, 6.45) is 8.93. The van der Waals surface area contributed by atoms with Crippen LogP contribution in [0.15, 0.2) is 18.5 Å². The standard InChI is InChI=1S/C15H19N5O/c16-6-9-17-14(21)13-10-11-4-1-2-5-12(11)20(13)15-18-7-3-8-19-15/h3,7-8,11-13H,1-2,4-5,9-10H2,(H,17,21). The summed E-state index contributed by atoms with van der Waals surface area (Å²) < 4.78 is 0. The van der Waals surface area contributed by atoms with Gasteiger partial charge in [0.2, 0.25) is 11.9 Å². The number of fused-ring (bicyclic) bond motifs is 1. The van der Waals surface area contributed by atoms with Gasteiger partial charge >= 0.3 is 0 Å². The van der Waals surface area contributed by atoms with Crippen LogP contribution < -0.4 is 10.2 Å². The van der Waals surface area contributed by atoms with Crippen molar-refractivity contribution in [3.8, 4) is 6.07 Å². The third kappa shape index (κ3) is 2.68. The highest BCUT2D eigenvalue weighted by Gasteiger charge is 2.46. The van der Waals surface area contributed by atoms with Gasteiger partial charge < -0.3 is 10.2 Å². The van der Waals surface area contributed by atoms with Crippen molar-refractivity contribution in [2.45, 2.75) is 44.2 Å². The number of nitrogens with zero attached hydrogens (tertiary/aromatic N) is 4. The molecule has 1 aliphatic carbocycles. The number of nitrogens with one attached hydrogen (secondary N) is 1. The summed E-state index contributed by atoms with van der Waals surface area (Å²) in [4.78, 5) is 23.1. The largest absolute Gasteiger partial charge is 0.341 e. The average Bonchev–Trinajstić information content (AvgIpc) is 2.93. The van der Waals surface area contributed by atoms with E-state index in [0.29, 0.717) is 17.9 Å². The minimum atomic E-state index is -0.256. The smallest absolute Gasteiger partial charge is 0.243 e. The summed E-state index contributed by atoms with van der Waals surface area (Å²) in [5, 5.41) is 11.3. The van der Waals surface area contributed by atoms with Crippen molar-refractivity contribution < 1.29 is 4.79 Å². The Balaban J connectivity index is 1.86. The molecule has 0 radical (unpaired) electrons. The molecule has 110 valence electrons. The minimum Gasteiger partial charge on any atom is -0.341 e. The Morgan fingerprint density at radius 1 is 1.38 bits per heavy atom. The molecule has 21 heavy (non-hydrogen) atoms. The molecule has 1 saturated heterocycles. The van der Waals surface area contributed by atoms with E-state index in [-0.39, 0.29) is 18.5 Å². The second-order valence-electron chi connectivity index (χ2n) is 5.70. The van der Waals surface area contributed by atoms with Gasteiger partial charge in [-0.05, 0) is 31.2 Å². The number of hydrogen-bond acceptors (Lipinski definition) is 5. The van der Waals surface area contributed by atoms with E-state index in [1.165, 1.54) is 12.8 Å². The number of nitriles is 1. The first-order chi connectivity index (χ1) is 10.3. The lowest BCUT2D eigenvalue weighted by atomic mass is 9.85. The topological polar surface area (TPSA) is 81.9 Å². The zero-order chi connectivity index (χ0) is 14.7. The fourth-order valence-electron chi connectivity index (χ4n) is 3.65. The van der Waals surface area contributed by atoms with Crippen molar-refractivity contribution >= 4 is 11.9 Å². The molecule has 1 saturated carbocycles. The van der Waals surface area contributed by atoms with E-state index >= 15 is 0 Å². The van der Waals surface area contributed by atoms with Crippen molar-refractivity contribution in [2.24, 2.45) is 5.92 Å². The summed E-state index contributed by atoms with van der Waals surface area (Å²) >= 11 is 0. The van der Waals surface area contributed by atoms with Crippen molar-refractivity contribution in [3.63, 3.8) is 0 Å². The number of anilines is 1. The molecule has 1 N–H and O–H groups in total. The summed E-state index contributed by atoms with van der Waals surface area (Å²) in [5.41, 5.74) is 0. The molecular weight excluding hydrogens is 266 g/mol. The number of hydrogen-bond donors (Lipinski definition) is 1. The van der Waals surface area contributed by atoms with Crippen molar-refractivity contribution in [2.75, 3.05) is 11.4 Å². The first-order valence-electron chi connectivity index (χ1n) is 7.51. The Bertz CT molecular complexity index is 541. The Labute approximate surface area is 124 Å². The molecule has 2 fully saturated rings. The monoisotopic (exact) mass is 285 g/mol. The summed E-state index contributed by atoms with van der Waals surface area (Å²) in [5.74, 6) is 1.07. The first kappa shape index (κ1) is 13.8. The fourth-order valence-corrected chi connectivity index (χ4v) is 3.65. The van der Waals surface area contributed by atoms with Gasteiger partial charge in [0, 0.05) is 18.4 Å². The van der Waals surface area contributed by atoms with E-state index in [9.17, 15) is 4.79 Å². The molecular formula is C15H19N5O. The van der Waals surface area contributed by atoms with E-state index in [1.54, 1.807) is 18.5 Å². The van der Waals surface area contributed by atoms with Gasteiger partial charge in [0.05, 0.1) is 6.07 Å². The number of amides is 1. The summed E-state index contributed by atoms with van der Waals surface area (Å²) in [6.45, 7) is 0.0498. The number of rotatable bonds is 3. The molecule has 2 aliphatic rings. The molecule has 1 aliphatic heterocycles. The molecule has 0 spiro atoms. The highest BCUT2D eigenvalue weighted by Crippen LogP contribution is 2.41. The van der Waals surface area contributed by atoms with Crippen LogP contribution in [0.2, 0.25) is 0 Å². The number of aromatic nitrogens is 2. The van der Waals surface area contributed by atoms with Crippen molar-refractivity contribution in [3.05, 3.63) is 18.5 Å². The molecule has 6 heteroatoms. The molecule has 1 aromatic rings.